The summed E-state index contributed by atoms with van der Waals surface area (Å²) in [6.07, 6.45) is 0.476. The topological polar surface area (TPSA) is 73.7 Å². The van der Waals surface area contributed by atoms with Crippen molar-refractivity contribution in [1.82, 2.24) is 9.97 Å². The molecule has 2 rings (SSSR count). The number of rotatable bonds is 5. The molecule has 1 atom stereocenters. The molecule has 2 heterocycles. The summed E-state index contributed by atoms with van der Waals surface area (Å²) in [5.41, 5.74) is 0.323. The SMILES string of the molecule is COc1cnc(C(O)c2sccc2OC)c(OC)n1. The smallest absolute Gasteiger partial charge is 0.241 e. The molecule has 2 aromatic heterocycles. The summed E-state index contributed by atoms with van der Waals surface area (Å²) in [4.78, 5) is 8.89. The van der Waals surface area contributed by atoms with Crippen molar-refractivity contribution in [2.24, 2.45) is 0 Å². The lowest BCUT2D eigenvalue weighted by Gasteiger charge is -2.13. The van der Waals surface area contributed by atoms with Crippen molar-refractivity contribution in [3.63, 3.8) is 0 Å². The van der Waals surface area contributed by atoms with Crippen molar-refractivity contribution in [3.05, 3.63) is 28.2 Å². The third-order valence-corrected chi connectivity index (χ3v) is 3.48. The number of aliphatic hydroxyl groups excluding tert-OH is 1. The highest BCUT2D eigenvalue weighted by Gasteiger charge is 2.23. The van der Waals surface area contributed by atoms with Crippen LogP contribution >= 0.6 is 11.3 Å². The molecule has 1 N–H and O–H groups in total. The van der Waals surface area contributed by atoms with Gasteiger partial charge in [0.1, 0.15) is 17.5 Å². The Labute approximate surface area is 114 Å². The minimum Gasteiger partial charge on any atom is -0.495 e. The summed E-state index contributed by atoms with van der Waals surface area (Å²) in [5, 5.41) is 12.2. The number of hydrogen-bond donors (Lipinski definition) is 1. The van der Waals surface area contributed by atoms with Crippen LogP contribution in [0.2, 0.25) is 0 Å². The molecule has 0 amide bonds. The molecular weight excluding hydrogens is 268 g/mol. The van der Waals surface area contributed by atoms with E-state index < -0.39 is 6.10 Å². The summed E-state index contributed by atoms with van der Waals surface area (Å²) in [5.74, 6) is 1.16. The molecule has 102 valence electrons. The molecule has 0 saturated carbocycles. The second-order valence-electron chi connectivity index (χ2n) is 3.56. The molecule has 0 aliphatic heterocycles. The molecule has 0 aliphatic rings. The van der Waals surface area contributed by atoms with Crippen LogP contribution in [0.4, 0.5) is 0 Å². The normalized spacial score (nSPS) is 12.0. The van der Waals surface area contributed by atoms with Crippen LogP contribution in [0.1, 0.15) is 16.7 Å². The Morgan fingerprint density at radius 2 is 2.00 bits per heavy atom. The van der Waals surface area contributed by atoms with Gasteiger partial charge in [0, 0.05) is 0 Å². The van der Waals surface area contributed by atoms with E-state index in [1.54, 1.807) is 13.2 Å². The number of methoxy groups -OCH3 is 3. The van der Waals surface area contributed by atoms with Gasteiger partial charge in [0.05, 0.1) is 32.4 Å². The molecule has 2 aromatic rings. The minimum atomic E-state index is -0.955. The van der Waals surface area contributed by atoms with Gasteiger partial charge in [0.25, 0.3) is 0 Å². The van der Waals surface area contributed by atoms with Gasteiger partial charge in [-0.3, -0.25) is 0 Å². The summed E-state index contributed by atoms with van der Waals surface area (Å²) < 4.78 is 15.3. The van der Waals surface area contributed by atoms with Gasteiger partial charge in [-0.1, -0.05) is 0 Å². The fourth-order valence-electron chi connectivity index (χ4n) is 1.60. The number of thiophene rings is 1. The summed E-state index contributed by atoms with van der Waals surface area (Å²) in [6, 6.07) is 1.78. The minimum absolute atomic E-state index is 0.224. The van der Waals surface area contributed by atoms with E-state index in [-0.39, 0.29) is 5.88 Å². The molecule has 1 unspecified atom stereocenters. The second-order valence-corrected chi connectivity index (χ2v) is 4.51. The van der Waals surface area contributed by atoms with Crippen LogP contribution in [0.25, 0.3) is 0 Å². The summed E-state index contributed by atoms with van der Waals surface area (Å²) in [7, 11) is 4.50. The highest BCUT2D eigenvalue weighted by Crippen LogP contribution is 2.36. The molecule has 0 radical (unpaired) electrons. The van der Waals surface area contributed by atoms with Gasteiger partial charge in [-0.05, 0) is 11.4 Å². The zero-order valence-electron chi connectivity index (χ0n) is 10.8. The first-order valence-corrected chi connectivity index (χ1v) is 6.33. The highest BCUT2D eigenvalue weighted by molar-refractivity contribution is 7.10. The Hall–Kier alpha value is -1.86. The number of hydrogen-bond acceptors (Lipinski definition) is 7. The van der Waals surface area contributed by atoms with Crippen LogP contribution in [0.15, 0.2) is 17.6 Å². The monoisotopic (exact) mass is 282 g/mol. The van der Waals surface area contributed by atoms with Gasteiger partial charge in [-0.25, -0.2) is 4.98 Å². The van der Waals surface area contributed by atoms with E-state index in [1.807, 2.05) is 5.38 Å². The maximum absolute atomic E-state index is 10.4. The predicted molar refractivity (Wildman–Crippen MR) is 70.1 cm³/mol. The maximum atomic E-state index is 10.4. The van der Waals surface area contributed by atoms with Crippen molar-refractivity contribution in [2.45, 2.75) is 6.10 Å². The van der Waals surface area contributed by atoms with Gasteiger partial charge in [0.2, 0.25) is 11.8 Å². The second kappa shape index (κ2) is 5.85. The molecule has 0 aromatic carbocycles. The molecule has 0 saturated heterocycles. The van der Waals surface area contributed by atoms with Gasteiger partial charge >= 0.3 is 0 Å². The van der Waals surface area contributed by atoms with Crippen LogP contribution in [0.3, 0.4) is 0 Å². The number of nitrogens with zero attached hydrogens (tertiary/aromatic N) is 2. The van der Waals surface area contributed by atoms with Gasteiger partial charge in [-0.2, -0.15) is 4.98 Å². The molecule has 6 nitrogen and oxygen atoms in total. The van der Waals surface area contributed by atoms with Gasteiger partial charge in [-0.15, -0.1) is 11.3 Å². The average Bonchev–Trinajstić information content (AvgIpc) is 2.94. The first kappa shape index (κ1) is 13.6. The van der Waals surface area contributed by atoms with Crippen LogP contribution in [-0.4, -0.2) is 36.4 Å². The quantitative estimate of drug-likeness (QED) is 0.898. The Morgan fingerprint density at radius 1 is 1.21 bits per heavy atom. The first-order chi connectivity index (χ1) is 9.21. The van der Waals surface area contributed by atoms with Crippen LogP contribution < -0.4 is 14.2 Å². The van der Waals surface area contributed by atoms with E-state index in [9.17, 15) is 5.11 Å². The fourth-order valence-corrected chi connectivity index (χ4v) is 2.45. The third-order valence-electron chi connectivity index (χ3n) is 2.53. The highest BCUT2D eigenvalue weighted by atomic mass is 32.1. The predicted octanol–water partition coefficient (Wildman–Crippen LogP) is 1.65. The number of ether oxygens (including phenoxy) is 3. The van der Waals surface area contributed by atoms with E-state index in [4.69, 9.17) is 14.2 Å². The fraction of sp³-hybridized carbons (Fsp3) is 0.333. The van der Waals surface area contributed by atoms with Gasteiger partial charge in [0.15, 0.2) is 0 Å². The molecule has 7 heteroatoms. The Bertz CT molecular complexity index is 558. The largest absolute Gasteiger partial charge is 0.495 e. The van der Waals surface area contributed by atoms with Crippen molar-refractivity contribution >= 4 is 11.3 Å². The molecule has 0 aliphatic carbocycles. The zero-order chi connectivity index (χ0) is 13.8. The lowest BCUT2D eigenvalue weighted by molar-refractivity contribution is 0.206. The zero-order valence-corrected chi connectivity index (χ0v) is 11.6. The van der Waals surface area contributed by atoms with Crippen molar-refractivity contribution in [1.29, 1.82) is 0 Å². The molecule has 0 bridgehead atoms. The van der Waals surface area contributed by atoms with E-state index in [0.717, 1.165) is 0 Å². The maximum Gasteiger partial charge on any atom is 0.241 e. The van der Waals surface area contributed by atoms with E-state index >= 15 is 0 Å². The van der Waals surface area contributed by atoms with Crippen molar-refractivity contribution in [3.8, 4) is 17.5 Å². The van der Waals surface area contributed by atoms with E-state index in [2.05, 4.69) is 9.97 Å². The Kier molecular flexibility index (Phi) is 4.18. The molecule has 19 heavy (non-hydrogen) atoms. The van der Waals surface area contributed by atoms with E-state index in [0.29, 0.717) is 22.2 Å². The summed E-state index contributed by atoms with van der Waals surface area (Å²) >= 11 is 1.38. The molecular formula is C12H14N2O4S. The lowest BCUT2D eigenvalue weighted by atomic mass is 10.2. The Balaban J connectivity index is 2.41. The third kappa shape index (κ3) is 2.61. The summed E-state index contributed by atoms with van der Waals surface area (Å²) in [6.45, 7) is 0. The van der Waals surface area contributed by atoms with E-state index in [1.165, 1.54) is 31.8 Å². The lowest BCUT2D eigenvalue weighted by Crippen LogP contribution is -2.07. The number of aromatic nitrogens is 2. The number of aliphatic hydroxyl groups is 1. The standard InChI is InChI=1S/C12H14N2O4S/c1-16-7-4-5-19-11(7)10(15)9-12(18-3)14-8(17-2)6-13-9/h4-6,10,15H,1-3H3. The van der Waals surface area contributed by atoms with Crippen LogP contribution in [0, 0.1) is 0 Å². The molecule has 0 spiro atoms. The average molecular weight is 282 g/mol. The molecule has 0 fully saturated rings. The van der Waals surface area contributed by atoms with Gasteiger partial charge < -0.3 is 19.3 Å². The van der Waals surface area contributed by atoms with Crippen molar-refractivity contribution in [2.75, 3.05) is 21.3 Å². The van der Waals surface area contributed by atoms with Crippen LogP contribution in [0.5, 0.6) is 17.5 Å². The first-order valence-electron chi connectivity index (χ1n) is 5.45. The van der Waals surface area contributed by atoms with Crippen LogP contribution in [-0.2, 0) is 0 Å². The van der Waals surface area contributed by atoms with Crippen molar-refractivity contribution < 1.29 is 19.3 Å². The Morgan fingerprint density at radius 3 is 2.63 bits per heavy atom.